The zero-order valence-corrected chi connectivity index (χ0v) is 9.12. The maximum Gasteiger partial charge on any atom is 0.191 e. The van der Waals surface area contributed by atoms with Crippen molar-refractivity contribution in [2.75, 3.05) is 5.73 Å². The molecule has 0 saturated heterocycles. The molecule has 0 bridgehead atoms. The van der Waals surface area contributed by atoms with Crippen LogP contribution in [0, 0.1) is 0 Å². The van der Waals surface area contributed by atoms with E-state index in [0.717, 1.165) is 17.4 Å². The lowest BCUT2D eigenvalue weighted by molar-refractivity contribution is 0.637. The van der Waals surface area contributed by atoms with Gasteiger partial charge in [-0.3, -0.25) is 0 Å². The SMILES string of the molecule is CCCCCc1ccc2oc(N)cc2c1. The monoisotopic (exact) mass is 203 g/mol. The molecule has 0 spiro atoms. The molecule has 80 valence electrons. The number of hydrogen-bond acceptors (Lipinski definition) is 2. The van der Waals surface area contributed by atoms with Crippen LogP contribution in [0.3, 0.4) is 0 Å². The fraction of sp³-hybridized carbons (Fsp3) is 0.385. The Balaban J connectivity index is 2.15. The lowest BCUT2D eigenvalue weighted by Gasteiger charge is -1.99. The van der Waals surface area contributed by atoms with Crippen LogP contribution in [0.15, 0.2) is 28.7 Å². The third kappa shape index (κ3) is 2.32. The molecule has 1 aromatic heterocycles. The molecule has 0 saturated carbocycles. The van der Waals surface area contributed by atoms with Gasteiger partial charge in [0.2, 0.25) is 0 Å². The molecule has 0 unspecified atom stereocenters. The second-order valence-corrected chi connectivity index (χ2v) is 3.98. The van der Waals surface area contributed by atoms with Crippen molar-refractivity contribution >= 4 is 16.9 Å². The van der Waals surface area contributed by atoms with Gasteiger partial charge >= 0.3 is 0 Å². The van der Waals surface area contributed by atoms with Crippen molar-refractivity contribution in [1.29, 1.82) is 0 Å². The molecule has 1 heterocycles. The Morgan fingerprint density at radius 1 is 1.20 bits per heavy atom. The number of nitrogens with two attached hydrogens (primary N) is 1. The molecule has 0 aliphatic carbocycles. The van der Waals surface area contributed by atoms with E-state index in [-0.39, 0.29) is 0 Å². The smallest absolute Gasteiger partial charge is 0.191 e. The highest BCUT2D eigenvalue weighted by Gasteiger charge is 2.01. The number of rotatable bonds is 4. The third-order valence-electron chi connectivity index (χ3n) is 2.67. The van der Waals surface area contributed by atoms with E-state index < -0.39 is 0 Å². The molecular formula is C13H17NO. The molecule has 2 N–H and O–H groups in total. The summed E-state index contributed by atoms with van der Waals surface area (Å²) in [5.41, 5.74) is 7.85. The van der Waals surface area contributed by atoms with Crippen LogP contribution in [-0.2, 0) is 6.42 Å². The van der Waals surface area contributed by atoms with Gasteiger partial charge in [0.05, 0.1) is 0 Å². The number of hydrogen-bond donors (Lipinski definition) is 1. The van der Waals surface area contributed by atoms with Crippen LogP contribution in [0.1, 0.15) is 31.7 Å². The molecule has 0 amide bonds. The number of benzene rings is 1. The van der Waals surface area contributed by atoms with Crippen molar-refractivity contribution in [2.24, 2.45) is 0 Å². The van der Waals surface area contributed by atoms with Crippen molar-refractivity contribution in [2.45, 2.75) is 32.6 Å². The van der Waals surface area contributed by atoms with Crippen LogP contribution in [0.25, 0.3) is 11.0 Å². The molecule has 0 radical (unpaired) electrons. The summed E-state index contributed by atoms with van der Waals surface area (Å²) >= 11 is 0. The van der Waals surface area contributed by atoms with Gasteiger partial charge in [-0.2, -0.15) is 0 Å². The van der Waals surface area contributed by atoms with Crippen LogP contribution < -0.4 is 5.73 Å². The molecule has 1 aromatic carbocycles. The second kappa shape index (κ2) is 4.39. The van der Waals surface area contributed by atoms with Crippen LogP contribution in [0.5, 0.6) is 0 Å². The van der Waals surface area contributed by atoms with Crippen molar-refractivity contribution in [3.63, 3.8) is 0 Å². The third-order valence-corrected chi connectivity index (χ3v) is 2.67. The number of fused-ring (bicyclic) bond motifs is 1. The zero-order chi connectivity index (χ0) is 10.7. The van der Waals surface area contributed by atoms with E-state index in [1.54, 1.807) is 0 Å². The largest absolute Gasteiger partial charge is 0.441 e. The van der Waals surface area contributed by atoms with Gasteiger partial charge in [-0.15, -0.1) is 0 Å². The standard InChI is InChI=1S/C13H17NO/c1-2-3-4-5-10-6-7-12-11(8-10)9-13(14)15-12/h6-9H,2-5,14H2,1H3. The van der Waals surface area contributed by atoms with Crippen LogP contribution >= 0.6 is 0 Å². The van der Waals surface area contributed by atoms with E-state index in [2.05, 4.69) is 19.1 Å². The van der Waals surface area contributed by atoms with Crippen molar-refractivity contribution in [3.05, 3.63) is 29.8 Å². The predicted molar refractivity (Wildman–Crippen MR) is 63.9 cm³/mol. The van der Waals surface area contributed by atoms with E-state index in [9.17, 15) is 0 Å². The Hall–Kier alpha value is -1.44. The Bertz CT molecular complexity index is 445. The van der Waals surface area contributed by atoms with Crippen molar-refractivity contribution in [1.82, 2.24) is 0 Å². The summed E-state index contributed by atoms with van der Waals surface area (Å²) in [6.45, 7) is 2.22. The normalized spacial score (nSPS) is 11.0. The molecule has 2 rings (SSSR count). The molecule has 0 atom stereocenters. The van der Waals surface area contributed by atoms with Gasteiger partial charge < -0.3 is 10.2 Å². The molecule has 2 heteroatoms. The lowest BCUT2D eigenvalue weighted by Crippen LogP contribution is -1.84. The average Bonchev–Trinajstić information content (AvgIpc) is 2.57. The Labute approximate surface area is 90.1 Å². The molecule has 0 aliphatic rings. The first-order valence-corrected chi connectivity index (χ1v) is 5.57. The van der Waals surface area contributed by atoms with Gasteiger partial charge in [-0.25, -0.2) is 0 Å². The zero-order valence-electron chi connectivity index (χ0n) is 9.12. The van der Waals surface area contributed by atoms with Crippen LogP contribution in [0.4, 0.5) is 5.88 Å². The van der Waals surface area contributed by atoms with Gasteiger partial charge in [0.15, 0.2) is 5.88 Å². The molecule has 0 aliphatic heterocycles. The highest BCUT2D eigenvalue weighted by molar-refractivity contribution is 5.81. The van der Waals surface area contributed by atoms with E-state index in [1.165, 1.54) is 24.8 Å². The van der Waals surface area contributed by atoms with Crippen molar-refractivity contribution < 1.29 is 4.42 Å². The fourth-order valence-corrected chi connectivity index (χ4v) is 1.85. The summed E-state index contributed by atoms with van der Waals surface area (Å²) in [5.74, 6) is 0.496. The first-order chi connectivity index (χ1) is 7.29. The highest BCUT2D eigenvalue weighted by Crippen LogP contribution is 2.22. The van der Waals surface area contributed by atoms with Crippen molar-refractivity contribution in [3.8, 4) is 0 Å². The number of unbranched alkanes of at least 4 members (excludes halogenated alkanes) is 2. The quantitative estimate of drug-likeness (QED) is 0.769. The first-order valence-electron chi connectivity index (χ1n) is 5.57. The summed E-state index contributed by atoms with van der Waals surface area (Å²) in [5, 5.41) is 1.11. The maximum atomic E-state index is 5.60. The van der Waals surface area contributed by atoms with Gasteiger partial charge in [0.1, 0.15) is 5.58 Å². The van der Waals surface area contributed by atoms with Crippen LogP contribution in [0.2, 0.25) is 0 Å². The Kier molecular flexibility index (Phi) is 2.95. The topological polar surface area (TPSA) is 39.2 Å². The van der Waals surface area contributed by atoms with E-state index in [0.29, 0.717) is 5.88 Å². The molecule has 2 nitrogen and oxygen atoms in total. The fourth-order valence-electron chi connectivity index (χ4n) is 1.85. The van der Waals surface area contributed by atoms with E-state index in [1.807, 2.05) is 12.1 Å². The summed E-state index contributed by atoms with van der Waals surface area (Å²) < 4.78 is 5.33. The number of anilines is 1. The minimum absolute atomic E-state index is 0.496. The van der Waals surface area contributed by atoms with E-state index in [4.69, 9.17) is 10.2 Å². The average molecular weight is 203 g/mol. The lowest BCUT2D eigenvalue weighted by atomic mass is 10.1. The van der Waals surface area contributed by atoms with Gasteiger partial charge in [-0.05, 0) is 30.5 Å². The maximum absolute atomic E-state index is 5.60. The number of furan rings is 1. The van der Waals surface area contributed by atoms with Gasteiger partial charge in [0, 0.05) is 11.5 Å². The minimum Gasteiger partial charge on any atom is -0.441 e. The van der Waals surface area contributed by atoms with Gasteiger partial charge in [0.25, 0.3) is 0 Å². The Morgan fingerprint density at radius 3 is 2.87 bits per heavy atom. The second-order valence-electron chi connectivity index (χ2n) is 3.98. The highest BCUT2D eigenvalue weighted by atomic mass is 16.3. The predicted octanol–water partition coefficient (Wildman–Crippen LogP) is 3.75. The first kappa shape index (κ1) is 10.1. The molecule has 0 fully saturated rings. The summed E-state index contributed by atoms with van der Waals surface area (Å²) in [4.78, 5) is 0. The summed E-state index contributed by atoms with van der Waals surface area (Å²) in [6, 6.07) is 8.19. The molecule has 2 aromatic rings. The molecule has 15 heavy (non-hydrogen) atoms. The number of nitrogen functional groups attached to an aromatic ring is 1. The summed E-state index contributed by atoms with van der Waals surface area (Å²) in [6.07, 6.45) is 4.97. The van der Waals surface area contributed by atoms with Gasteiger partial charge in [-0.1, -0.05) is 25.8 Å². The van der Waals surface area contributed by atoms with Crippen LogP contribution in [-0.4, -0.2) is 0 Å². The van der Waals surface area contributed by atoms with E-state index >= 15 is 0 Å². The summed E-state index contributed by atoms with van der Waals surface area (Å²) in [7, 11) is 0. The number of aryl methyl sites for hydroxylation is 1. The Morgan fingerprint density at radius 2 is 2.07 bits per heavy atom. The molecular weight excluding hydrogens is 186 g/mol. The minimum atomic E-state index is 0.496.